The maximum Gasteiger partial charge on any atom is 0.191 e. The summed E-state index contributed by atoms with van der Waals surface area (Å²) in [6.45, 7) is 11.6. The molecule has 3 rings (SSSR count). The van der Waals surface area contributed by atoms with Crippen LogP contribution in [0, 0.1) is 5.92 Å². The lowest BCUT2D eigenvalue weighted by Gasteiger charge is -2.49. The number of ether oxygens (including phenoxy) is 1. The molecule has 6 nitrogen and oxygen atoms in total. The highest BCUT2D eigenvalue weighted by Crippen LogP contribution is 2.31. The third-order valence-corrected chi connectivity index (χ3v) is 6.63. The third kappa shape index (κ3) is 6.89. The Kier molecular flexibility index (Phi) is 8.87. The molecule has 0 radical (unpaired) electrons. The fourth-order valence-electron chi connectivity index (χ4n) is 4.46. The van der Waals surface area contributed by atoms with Crippen LogP contribution in [0.25, 0.3) is 0 Å². The van der Waals surface area contributed by atoms with E-state index in [1.165, 1.54) is 71.1 Å². The van der Waals surface area contributed by atoms with E-state index in [-0.39, 0.29) is 5.54 Å². The number of hydrogen-bond acceptors (Lipinski definition) is 4. The van der Waals surface area contributed by atoms with Crippen molar-refractivity contribution in [2.75, 3.05) is 66.1 Å². The van der Waals surface area contributed by atoms with Gasteiger partial charge in [0, 0.05) is 31.8 Å². The highest BCUT2D eigenvalue weighted by atomic mass is 16.5. The zero-order valence-electron chi connectivity index (χ0n) is 18.3. The van der Waals surface area contributed by atoms with Crippen molar-refractivity contribution in [2.45, 2.75) is 63.8 Å². The molecule has 0 bridgehead atoms. The minimum absolute atomic E-state index is 0.253. The van der Waals surface area contributed by atoms with Gasteiger partial charge in [0.2, 0.25) is 0 Å². The summed E-state index contributed by atoms with van der Waals surface area (Å²) in [5.74, 6) is 1.83. The first-order chi connectivity index (χ1) is 13.7. The van der Waals surface area contributed by atoms with Gasteiger partial charge in [-0.2, -0.15) is 0 Å². The standard InChI is InChI=1S/C22H43N5O/c1-3-23-21(24-12-7-17-28-18-20-8-9-20)25-19-22(10-15-26(2)16-11-22)27-13-5-4-6-14-27/h20H,3-19H2,1-2H3,(H2,23,24,25). The summed E-state index contributed by atoms with van der Waals surface area (Å²) >= 11 is 0. The van der Waals surface area contributed by atoms with Crippen molar-refractivity contribution < 1.29 is 4.74 Å². The van der Waals surface area contributed by atoms with E-state index in [0.29, 0.717) is 0 Å². The first-order valence-electron chi connectivity index (χ1n) is 11.8. The van der Waals surface area contributed by atoms with Crippen LogP contribution in [-0.4, -0.2) is 87.4 Å². The second kappa shape index (κ2) is 11.4. The van der Waals surface area contributed by atoms with Crippen LogP contribution in [0.3, 0.4) is 0 Å². The molecule has 6 heteroatoms. The number of likely N-dealkylation sites (tertiary alicyclic amines) is 2. The van der Waals surface area contributed by atoms with Crippen molar-refractivity contribution in [3.63, 3.8) is 0 Å². The van der Waals surface area contributed by atoms with E-state index in [1.807, 2.05) is 0 Å². The van der Waals surface area contributed by atoms with Crippen molar-refractivity contribution in [2.24, 2.45) is 10.9 Å². The molecule has 0 amide bonds. The summed E-state index contributed by atoms with van der Waals surface area (Å²) in [4.78, 5) is 10.3. The van der Waals surface area contributed by atoms with Gasteiger partial charge in [-0.05, 0) is 91.0 Å². The number of nitrogens with one attached hydrogen (secondary N) is 2. The highest BCUT2D eigenvalue weighted by molar-refractivity contribution is 5.79. The summed E-state index contributed by atoms with van der Waals surface area (Å²) in [7, 11) is 2.25. The molecular formula is C22H43N5O. The highest BCUT2D eigenvalue weighted by Gasteiger charge is 2.39. The Morgan fingerprint density at radius 1 is 1.07 bits per heavy atom. The van der Waals surface area contributed by atoms with Gasteiger partial charge in [0.05, 0.1) is 6.54 Å². The molecule has 162 valence electrons. The monoisotopic (exact) mass is 393 g/mol. The van der Waals surface area contributed by atoms with Gasteiger partial charge < -0.3 is 20.3 Å². The van der Waals surface area contributed by atoms with Crippen LogP contribution in [0.2, 0.25) is 0 Å². The molecule has 2 saturated heterocycles. The molecule has 0 aromatic heterocycles. The van der Waals surface area contributed by atoms with Crippen LogP contribution < -0.4 is 10.6 Å². The minimum Gasteiger partial charge on any atom is -0.381 e. The summed E-state index contributed by atoms with van der Waals surface area (Å²) in [5.41, 5.74) is 0.253. The Bertz CT molecular complexity index is 466. The van der Waals surface area contributed by atoms with E-state index >= 15 is 0 Å². The fraction of sp³-hybridized carbons (Fsp3) is 0.955. The van der Waals surface area contributed by atoms with Gasteiger partial charge in [0.1, 0.15) is 0 Å². The smallest absolute Gasteiger partial charge is 0.191 e. The second-order valence-electron chi connectivity index (χ2n) is 9.07. The van der Waals surface area contributed by atoms with E-state index < -0.39 is 0 Å². The van der Waals surface area contributed by atoms with E-state index in [4.69, 9.17) is 9.73 Å². The molecule has 3 fully saturated rings. The average Bonchev–Trinajstić information content (AvgIpc) is 3.55. The quantitative estimate of drug-likeness (QED) is 0.339. The van der Waals surface area contributed by atoms with Crippen LogP contribution in [0.15, 0.2) is 4.99 Å². The molecule has 0 aromatic rings. The summed E-state index contributed by atoms with van der Waals surface area (Å²) in [6, 6.07) is 0. The molecule has 3 aliphatic rings. The fourth-order valence-corrected chi connectivity index (χ4v) is 4.46. The third-order valence-electron chi connectivity index (χ3n) is 6.63. The van der Waals surface area contributed by atoms with Crippen LogP contribution in [0.5, 0.6) is 0 Å². The lowest BCUT2D eigenvalue weighted by Crippen LogP contribution is -2.58. The number of piperidine rings is 2. The van der Waals surface area contributed by atoms with Crippen molar-refractivity contribution in [3.05, 3.63) is 0 Å². The van der Waals surface area contributed by atoms with Gasteiger partial charge >= 0.3 is 0 Å². The van der Waals surface area contributed by atoms with E-state index in [9.17, 15) is 0 Å². The molecular weight excluding hydrogens is 350 g/mol. The number of nitrogens with zero attached hydrogens (tertiary/aromatic N) is 3. The summed E-state index contributed by atoms with van der Waals surface area (Å²) in [5, 5.41) is 6.96. The molecule has 2 heterocycles. The van der Waals surface area contributed by atoms with Gasteiger partial charge in [-0.1, -0.05) is 6.42 Å². The first kappa shape index (κ1) is 21.8. The van der Waals surface area contributed by atoms with Gasteiger partial charge in [-0.25, -0.2) is 0 Å². The average molecular weight is 394 g/mol. The molecule has 0 spiro atoms. The van der Waals surface area contributed by atoms with Crippen LogP contribution in [0.4, 0.5) is 0 Å². The molecule has 2 N–H and O–H groups in total. The summed E-state index contributed by atoms with van der Waals surface area (Å²) in [6.07, 6.45) is 10.3. The van der Waals surface area contributed by atoms with E-state index in [2.05, 4.69) is 34.4 Å². The topological polar surface area (TPSA) is 52.1 Å². The Morgan fingerprint density at radius 2 is 1.82 bits per heavy atom. The Morgan fingerprint density at radius 3 is 2.50 bits per heavy atom. The Hall–Kier alpha value is -0.850. The number of guanidine groups is 1. The zero-order chi connectivity index (χ0) is 19.7. The largest absolute Gasteiger partial charge is 0.381 e. The Balaban J connectivity index is 1.49. The van der Waals surface area contributed by atoms with E-state index in [1.54, 1.807) is 0 Å². The van der Waals surface area contributed by atoms with Crippen molar-refractivity contribution in [1.29, 1.82) is 0 Å². The molecule has 0 unspecified atom stereocenters. The zero-order valence-corrected chi connectivity index (χ0v) is 18.3. The molecule has 0 atom stereocenters. The van der Waals surface area contributed by atoms with Crippen molar-refractivity contribution >= 4 is 5.96 Å². The minimum atomic E-state index is 0.253. The first-order valence-corrected chi connectivity index (χ1v) is 11.8. The molecule has 1 aliphatic carbocycles. The summed E-state index contributed by atoms with van der Waals surface area (Å²) < 4.78 is 5.75. The van der Waals surface area contributed by atoms with Gasteiger partial charge in [0.25, 0.3) is 0 Å². The maximum atomic E-state index is 5.75. The van der Waals surface area contributed by atoms with Crippen LogP contribution in [-0.2, 0) is 4.74 Å². The number of aliphatic imine (C=N–C) groups is 1. The van der Waals surface area contributed by atoms with Crippen molar-refractivity contribution in [3.8, 4) is 0 Å². The normalized spacial score (nSPS) is 24.3. The molecule has 28 heavy (non-hydrogen) atoms. The molecule has 1 saturated carbocycles. The predicted molar refractivity (Wildman–Crippen MR) is 117 cm³/mol. The predicted octanol–water partition coefficient (Wildman–Crippen LogP) is 2.31. The number of hydrogen-bond donors (Lipinski definition) is 2. The van der Waals surface area contributed by atoms with Gasteiger partial charge in [0.15, 0.2) is 5.96 Å². The maximum absolute atomic E-state index is 5.75. The van der Waals surface area contributed by atoms with Crippen LogP contribution >= 0.6 is 0 Å². The van der Waals surface area contributed by atoms with E-state index in [0.717, 1.165) is 51.1 Å². The SMILES string of the molecule is CCNC(=NCC1(N2CCCCC2)CCN(C)CC1)NCCCOCC1CC1. The lowest BCUT2D eigenvalue weighted by atomic mass is 9.84. The molecule has 2 aliphatic heterocycles. The number of rotatable bonds is 10. The van der Waals surface area contributed by atoms with Crippen LogP contribution in [0.1, 0.15) is 58.3 Å². The van der Waals surface area contributed by atoms with Crippen molar-refractivity contribution in [1.82, 2.24) is 20.4 Å². The van der Waals surface area contributed by atoms with Gasteiger partial charge in [-0.15, -0.1) is 0 Å². The Labute approximate surface area is 172 Å². The van der Waals surface area contributed by atoms with Gasteiger partial charge in [-0.3, -0.25) is 9.89 Å². The molecule has 0 aromatic carbocycles. The second-order valence-corrected chi connectivity index (χ2v) is 9.07. The lowest BCUT2D eigenvalue weighted by molar-refractivity contribution is 0.0208.